The van der Waals surface area contributed by atoms with Crippen LogP contribution in [-0.2, 0) is 0 Å². The summed E-state index contributed by atoms with van der Waals surface area (Å²) in [4.78, 5) is 12.8. The van der Waals surface area contributed by atoms with Crippen molar-refractivity contribution < 1.29 is 0 Å². The van der Waals surface area contributed by atoms with E-state index in [2.05, 4.69) is 166 Å². The van der Waals surface area contributed by atoms with Gasteiger partial charge in [-0.2, -0.15) is 0 Å². The molecule has 3 heterocycles. The average molecular weight is 602 g/mol. The molecule has 0 atom stereocenters. The number of para-hydroxylation sites is 5. The maximum absolute atomic E-state index is 5.38. The monoisotopic (exact) mass is 601 g/mol. The molecule has 0 unspecified atom stereocenters. The average Bonchev–Trinajstić information content (AvgIpc) is 3.69. The summed E-state index contributed by atoms with van der Waals surface area (Å²) in [6.07, 6.45) is 0. The predicted molar refractivity (Wildman–Crippen MR) is 195 cm³/mol. The van der Waals surface area contributed by atoms with Gasteiger partial charge < -0.3 is 4.90 Å². The molecule has 0 aliphatic carbocycles. The number of fused-ring (bicyclic) bond motifs is 10. The molecule has 10 rings (SSSR count). The molecule has 5 nitrogen and oxygen atoms in total. The highest BCUT2D eigenvalue weighted by Crippen LogP contribution is 2.42. The Morgan fingerprint density at radius 3 is 1.85 bits per heavy atom. The van der Waals surface area contributed by atoms with Crippen LogP contribution in [0.2, 0.25) is 0 Å². The molecule has 47 heavy (non-hydrogen) atoms. The summed E-state index contributed by atoms with van der Waals surface area (Å²) in [6.45, 7) is 0. The largest absolute Gasteiger partial charge is 0.310 e. The molecule has 0 amide bonds. The van der Waals surface area contributed by atoms with Gasteiger partial charge in [0.1, 0.15) is 5.65 Å². The zero-order valence-corrected chi connectivity index (χ0v) is 25.3. The lowest BCUT2D eigenvalue weighted by Crippen LogP contribution is -2.09. The Kier molecular flexibility index (Phi) is 5.51. The van der Waals surface area contributed by atoms with Crippen LogP contribution in [0.1, 0.15) is 0 Å². The van der Waals surface area contributed by atoms with E-state index in [-0.39, 0.29) is 0 Å². The molecule has 0 spiro atoms. The Balaban J connectivity index is 1.36. The van der Waals surface area contributed by atoms with Crippen LogP contribution in [-0.4, -0.2) is 18.9 Å². The van der Waals surface area contributed by atoms with Crippen molar-refractivity contribution in [2.45, 2.75) is 0 Å². The number of nitrogens with zero attached hydrogens (tertiary/aromatic N) is 5. The standard InChI is InChI=1S/C42H27N5/c1-3-14-29(15-4-1)45(30-16-5-2-6-17-30)31-24-26-37-34(27-31)40-32-18-8-7-13-28(32)23-25-39(40)46(37)42-44-35-20-10-9-19-33(35)41-43-36-21-11-12-22-38(36)47(41)42/h1-27H. The molecule has 3 aromatic heterocycles. The Hall–Kier alpha value is -6.46. The van der Waals surface area contributed by atoms with E-state index in [1.807, 2.05) is 12.1 Å². The summed E-state index contributed by atoms with van der Waals surface area (Å²) in [5.41, 5.74) is 9.28. The van der Waals surface area contributed by atoms with Crippen LogP contribution in [0.5, 0.6) is 0 Å². The molecule has 0 aliphatic rings. The lowest BCUT2D eigenvalue weighted by atomic mass is 10.0. The van der Waals surface area contributed by atoms with Crippen LogP contribution in [0, 0.1) is 0 Å². The molecule has 0 aliphatic heterocycles. The molecule has 0 saturated heterocycles. The van der Waals surface area contributed by atoms with E-state index < -0.39 is 0 Å². The van der Waals surface area contributed by atoms with Gasteiger partial charge in [-0.05, 0) is 83.6 Å². The number of aromatic nitrogens is 4. The van der Waals surface area contributed by atoms with E-state index >= 15 is 0 Å². The third-order valence-corrected chi connectivity index (χ3v) is 9.25. The van der Waals surface area contributed by atoms with E-state index in [1.54, 1.807) is 0 Å². The number of hydrogen-bond acceptors (Lipinski definition) is 3. The lowest BCUT2D eigenvalue weighted by molar-refractivity contribution is 0.979. The number of hydrogen-bond donors (Lipinski definition) is 0. The van der Waals surface area contributed by atoms with Gasteiger partial charge in [-0.25, -0.2) is 9.97 Å². The molecule has 5 heteroatoms. The van der Waals surface area contributed by atoms with E-state index in [1.165, 1.54) is 21.5 Å². The van der Waals surface area contributed by atoms with Gasteiger partial charge in [0.05, 0.1) is 27.6 Å². The normalized spacial score (nSPS) is 11.8. The molecule has 0 N–H and O–H groups in total. The van der Waals surface area contributed by atoms with Crippen LogP contribution in [0.25, 0.3) is 66.1 Å². The molecule has 0 radical (unpaired) electrons. The van der Waals surface area contributed by atoms with Crippen molar-refractivity contribution in [1.82, 2.24) is 18.9 Å². The molecule has 10 aromatic rings. The van der Waals surface area contributed by atoms with Crippen molar-refractivity contribution in [1.29, 1.82) is 0 Å². The fraction of sp³-hybridized carbons (Fsp3) is 0. The summed E-state index contributed by atoms with van der Waals surface area (Å²) in [6, 6.07) is 57.7. The van der Waals surface area contributed by atoms with E-state index in [0.29, 0.717) is 0 Å². The summed E-state index contributed by atoms with van der Waals surface area (Å²) >= 11 is 0. The number of benzene rings is 7. The third-order valence-electron chi connectivity index (χ3n) is 9.25. The molecule has 0 saturated carbocycles. The van der Waals surface area contributed by atoms with Gasteiger partial charge in [-0.15, -0.1) is 0 Å². The number of rotatable bonds is 4. The van der Waals surface area contributed by atoms with E-state index in [0.717, 1.165) is 61.6 Å². The second-order valence-corrected chi connectivity index (χ2v) is 11.9. The first-order valence-electron chi connectivity index (χ1n) is 15.9. The quantitative estimate of drug-likeness (QED) is 0.201. The Bertz CT molecular complexity index is 2760. The minimum absolute atomic E-state index is 0.818. The zero-order chi connectivity index (χ0) is 30.9. The SMILES string of the molecule is c1ccc(N(c2ccccc2)c2ccc3c(c2)c2c4ccccc4ccc2n3-c2nc3ccccc3c3nc4ccccc4n23)cc1. The topological polar surface area (TPSA) is 38.4 Å². The van der Waals surface area contributed by atoms with Crippen LogP contribution in [0.4, 0.5) is 17.1 Å². The van der Waals surface area contributed by atoms with Crippen LogP contribution < -0.4 is 4.90 Å². The Labute approximate surface area is 270 Å². The van der Waals surface area contributed by atoms with Crippen molar-refractivity contribution in [3.05, 3.63) is 164 Å². The lowest BCUT2D eigenvalue weighted by Gasteiger charge is -2.25. The fourth-order valence-electron chi connectivity index (χ4n) is 7.21. The van der Waals surface area contributed by atoms with Crippen molar-refractivity contribution >= 4 is 77.2 Å². The minimum Gasteiger partial charge on any atom is -0.310 e. The van der Waals surface area contributed by atoms with Gasteiger partial charge in [0.25, 0.3) is 0 Å². The highest BCUT2D eigenvalue weighted by Gasteiger charge is 2.22. The number of imidazole rings is 1. The summed E-state index contributed by atoms with van der Waals surface area (Å²) < 4.78 is 4.55. The first-order chi connectivity index (χ1) is 23.3. The van der Waals surface area contributed by atoms with E-state index in [9.17, 15) is 0 Å². The van der Waals surface area contributed by atoms with Crippen molar-refractivity contribution in [3.8, 4) is 5.95 Å². The smallest absolute Gasteiger partial charge is 0.221 e. The zero-order valence-electron chi connectivity index (χ0n) is 25.3. The van der Waals surface area contributed by atoms with Crippen LogP contribution in [0.3, 0.4) is 0 Å². The van der Waals surface area contributed by atoms with Crippen molar-refractivity contribution in [2.75, 3.05) is 4.90 Å². The first-order valence-corrected chi connectivity index (χ1v) is 15.9. The molecule has 0 fully saturated rings. The van der Waals surface area contributed by atoms with Crippen molar-refractivity contribution in [2.24, 2.45) is 0 Å². The van der Waals surface area contributed by atoms with Gasteiger partial charge in [-0.3, -0.25) is 8.97 Å². The highest BCUT2D eigenvalue weighted by atomic mass is 15.2. The maximum Gasteiger partial charge on any atom is 0.221 e. The molecular formula is C42H27N5. The van der Waals surface area contributed by atoms with Gasteiger partial charge in [0.2, 0.25) is 5.95 Å². The summed E-state index contributed by atoms with van der Waals surface area (Å²) in [5, 5.41) is 5.82. The molecular weight excluding hydrogens is 574 g/mol. The Morgan fingerprint density at radius 2 is 1.06 bits per heavy atom. The van der Waals surface area contributed by atoms with Crippen LogP contribution in [0.15, 0.2) is 164 Å². The maximum atomic E-state index is 5.38. The molecule has 220 valence electrons. The van der Waals surface area contributed by atoms with E-state index in [4.69, 9.17) is 9.97 Å². The van der Waals surface area contributed by atoms with Crippen molar-refractivity contribution in [3.63, 3.8) is 0 Å². The van der Waals surface area contributed by atoms with Gasteiger partial charge >= 0.3 is 0 Å². The fourth-order valence-corrected chi connectivity index (χ4v) is 7.21. The Morgan fingerprint density at radius 1 is 0.426 bits per heavy atom. The van der Waals surface area contributed by atoms with Gasteiger partial charge in [-0.1, -0.05) is 91.0 Å². The third kappa shape index (κ3) is 3.83. The van der Waals surface area contributed by atoms with Gasteiger partial charge in [0, 0.05) is 33.2 Å². The van der Waals surface area contributed by atoms with Crippen LogP contribution >= 0.6 is 0 Å². The molecule has 0 bridgehead atoms. The molecule has 7 aromatic carbocycles. The summed E-state index contributed by atoms with van der Waals surface area (Å²) in [5.74, 6) is 0.818. The first kappa shape index (κ1) is 25.8. The second kappa shape index (κ2) is 10.0. The predicted octanol–water partition coefficient (Wildman–Crippen LogP) is 10.8. The minimum atomic E-state index is 0.818. The second-order valence-electron chi connectivity index (χ2n) is 11.9. The van der Waals surface area contributed by atoms with Gasteiger partial charge in [0.15, 0.2) is 0 Å². The number of anilines is 3. The highest BCUT2D eigenvalue weighted by molar-refractivity contribution is 6.22. The summed E-state index contributed by atoms with van der Waals surface area (Å²) in [7, 11) is 0.